The first-order valence-electron chi connectivity index (χ1n) is 0.471. The molecule has 0 amide bonds. The first kappa shape index (κ1) is 8.86. The zero-order valence-corrected chi connectivity index (χ0v) is 4.75. The summed E-state index contributed by atoms with van der Waals surface area (Å²) in [5, 5.41) is 8.25. The van der Waals surface area contributed by atoms with Gasteiger partial charge in [-0.2, -0.15) is 0 Å². The Morgan fingerprint density at radius 3 is 1.75 bits per heavy atom. The monoisotopic (exact) mass is 165 g/mol. The number of hydrogen-bond acceptors (Lipinski definition) is 2. The predicted molar refractivity (Wildman–Crippen MR) is 11.8 cm³/mol. The second-order valence-corrected chi connectivity index (χ2v) is 0.0962. The van der Waals surface area contributed by atoms with Crippen LogP contribution >= 0.6 is 0 Å². The maximum absolute atomic E-state index is 8.25. The molecule has 0 saturated carbocycles. The van der Waals surface area contributed by atoms with Crippen LogP contribution in [0.25, 0.3) is 0 Å². The Kier molecular flexibility index (Phi) is 23.2. The second kappa shape index (κ2) is 10.5. The molecule has 0 rings (SSSR count). The smallest absolute Gasteiger partial charge is 0.554 e. The average molecular weight is 164 g/mol. The van der Waals surface area contributed by atoms with Crippen LogP contribution in [0.5, 0.6) is 0 Å². The summed E-state index contributed by atoms with van der Waals surface area (Å²) in [5.41, 5.74) is 0. The molecule has 0 aliphatic rings. The molecule has 0 fully saturated rings. The van der Waals surface area contributed by atoms with Crippen molar-refractivity contribution in [3.05, 3.63) is 0 Å². The standard InChI is InChI=1S/CH2O2.Sn/c2-1-3;/h1H,(H,2,3);/q;+2/p-1. The SMILES string of the molecule is O=C[O-].[Sn+2]. The Balaban J connectivity index is 0. The van der Waals surface area contributed by atoms with Gasteiger partial charge in [-0.25, -0.2) is 0 Å². The van der Waals surface area contributed by atoms with Crippen molar-refractivity contribution < 1.29 is 9.90 Å². The van der Waals surface area contributed by atoms with Gasteiger partial charge in [-0.3, -0.25) is 0 Å². The minimum Gasteiger partial charge on any atom is -0.554 e. The molecule has 0 aromatic heterocycles. The van der Waals surface area contributed by atoms with Gasteiger partial charge < -0.3 is 9.90 Å². The Morgan fingerprint density at radius 1 is 1.75 bits per heavy atom. The van der Waals surface area contributed by atoms with E-state index in [2.05, 4.69) is 0 Å². The predicted octanol–water partition coefficient (Wildman–Crippen LogP) is -2.01. The van der Waals surface area contributed by atoms with Gasteiger partial charge in [-0.15, -0.1) is 0 Å². The Labute approximate surface area is 40.8 Å². The fourth-order valence-corrected chi connectivity index (χ4v) is 0. The van der Waals surface area contributed by atoms with E-state index in [0.717, 1.165) is 0 Å². The summed E-state index contributed by atoms with van der Waals surface area (Å²) in [4.78, 5) is 8.25. The zero-order valence-electron chi connectivity index (χ0n) is 1.89. The first-order chi connectivity index (χ1) is 1.41. The third-order valence-corrected chi connectivity index (χ3v) is 0. The topological polar surface area (TPSA) is 40.1 Å². The molecule has 0 heterocycles. The quantitative estimate of drug-likeness (QED) is 0.306. The molecule has 2 radical (unpaired) electrons. The van der Waals surface area contributed by atoms with Crippen LogP contribution in [0.1, 0.15) is 0 Å². The number of rotatable bonds is 0. The maximum Gasteiger partial charge on any atom is 2.00 e. The fourth-order valence-electron chi connectivity index (χ4n) is 0. The molecule has 0 saturated heterocycles. The van der Waals surface area contributed by atoms with Gasteiger partial charge in [0.15, 0.2) is 0 Å². The molecule has 0 N–H and O–H groups in total. The van der Waals surface area contributed by atoms with Crippen LogP contribution in [0, 0.1) is 0 Å². The normalized spacial score (nSPS) is 3.00. The zero-order chi connectivity index (χ0) is 2.71. The van der Waals surface area contributed by atoms with Crippen molar-refractivity contribution in [1.82, 2.24) is 0 Å². The van der Waals surface area contributed by atoms with Crippen LogP contribution in [0.15, 0.2) is 0 Å². The third-order valence-electron chi connectivity index (χ3n) is 0. The molecule has 0 atom stereocenters. The number of hydrogen-bond donors (Lipinski definition) is 0. The molecule has 0 aliphatic carbocycles. The molecule has 0 aromatic rings. The van der Waals surface area contributed by atoms with E-state index < -0.39 is 6.47 Å². The van der Waals surface area contributed by atoms with Gasteiger partial charge in [0.25, 0.3) is 0 Å². The van der Waals surface area contributed by atoms with E-state index in [1.165, 1.54) is 0 Å². The van der Waals surface area contributed by atoms with Crippen LogP contribution in [0.3, 0.4) is 0 Å². The Hall–Kier alpha value is 0.269. The largest absolute Gasteiger partial charge is 2.00 e. The molecule has 2 nitrogen and oxygen atoms in total. The minimum absolute atomic E-state index is 0. The van der Waals surface area contributed by atoms with Gasteiger partial charge in [0, 0.05) is 6.47 Å². The summed E-state index contributed by atoms with van der Waals surface area (Å²) < 4.78 is 0. The van der Waals surface area contributed by atoms with E-state index in [1.54, 1.807) is 0 Å². The molecular formula is CHO2Sn+. The molecule has 0 bridgehead atoms. The molecule has 20 valence electrons. The fraction of sp³-hybridized carbons (Fsp3) is 0. The van der Waals surface area contributed by atoms with E-state index >= 15 is 0 Å². The summed E-state index contributed by atoms with van der Waals surface area (Å²) in [6.45, 7) is -0.500. The van der Waals surface area contributed by atoms with Gasteiger partial charge >= 0.3 is 23.9 Å². The van der Waals surface area contributed by atoms with Crippen LogP contribution < -0.4 is 5.11 Å². The molecule has 4 heavy (non-hydrogen) atoms. The Bertz CT molecular complexity index is 13.5. The van der Waals surface area contributed by atoms with Crippen molar-refractivity contribution in [3.63, 3.8) is 0 Å². The van der Waals surface area contributed by atoms with E-state index in [9.17, 15) is 0 Å². The van der Waals surface area contributed by atoms with Crippen LogP contribution in [-0.4, -0.2) is 30.4 Å². The second-order valence-electron chi connectivity index (χ2n) is 0.0962. The molecule has 0 aliphatic heterocycles. The van der Waals surface area contributed by atoms with Crippen molar-refractivity contribution in [1.29, 1.82) is 0 Å². The van der Waals surface area contributed by atoms with Crippen molar-refractivity contribution in [2.45, 2.75) is 0 Å². The van der Waals surface area contributed by atoms with Crippen molar-refractivity contribution in [2.75, 3.05) is 0 Å². The third kappa shape index (κ3) is 50.6. The molecule has 0 aromatic carbocycles. The van der Waals surface area contributed by atoms with Crippen LogP contribution in [-0.2, 0) is 4.79 Å². The van der Waals surface area contributed by atoms with Crippen LogP contribution in [0.2, 0.25) is 0 Å². The molecule has 0 unspecified atom stereocenters. The van der Waals surface area contributed by atoms with E-state index in [-0.39, 0.29) is 23.9 Å². The van der Waals surface area contributed by atoms with Crippen molar-refractivity contribution >= 4 is 30.4 Å². The van der Waals surface area contributed by atoms with Crippen LogP contribution in [0.4, 0.5) is 0 Å². The van der Waals surface area contributed by atoms with E-state index in [0.29, 0.717) is 0 Å². The van der Waals surface area contributed by atoms with Crippen molar-refractivity contribution in [3.8, 4) is 0 Å². The number of carbonyl (C=O) groups excluding carboxylic acids is 1. The summed E-state index contributed by atoms with van der Waals surface area (Å²) >= 11 is 0. The summed E-state index contributed by atoms with van der Waals surface area (Å²) in [5.74, 6) is 0. The number of carboxylic acid groups (broad SMARTS) is 1. The van der Waals surface area contributed by atoms with Gasteiger partial charge in [0.2, 0.25) is 0 Å². The van der Waals surface area contributed by atoms with Crippen molar-refractivity contribution in [2.24, 2.45) is 0 Å². The summed E-state index contributed by atoms with van der Waals surface area (Å²) in [6.07, 6.45) is 0. The summed E-state index contributed by atoms with van der Waals surface area (Å²) in [7, 11) is 0. The average Bonchev–Trinajstić information content (AvgIpc) is 0.918. The van der Waals surface area contributed by atoms with E-state index in [1.807, 2.05) is 0 Å². The molecule has 3 heteroatoms. The van der Waals surface area contributed by atoms with Gasteiger partial charge in [0.1, 0.15) is 0 Å². The molecular weight excluding hydrogens is 163 g/mol. The van der Waals surface area contributed by atoms with Gasteiger partial charge in [0.05, 0.1) is 0 Å². The molecule has 0 spiro atoms. The first-order valence-corrected chi connectivity index (χ1v) is 0.471. The number of carbonyl (C=O) groups is 1. The summed E-state index contributed by atoms with van der Waals surface area (Å²) in [6, 6.07) is 0. The Morgan fingerprint density at radius 2 is 1.75 bits per heavy atom. The van der Waals surface area contributed by atoms with Gasteiger partial charge in [-0.1, -0.05) is 0 Å². The van der Waals surface area contributed by atoms with Gasteiger partial charge in [-0.05, 0) is 0 Å². The van der Waals surface area contributed by atoms with E-state index in [4.69, 9.17) is 9.90 Å². The minimum atomic E-state index is -0.500. The maximum atomic E-state index is 8.25.